The molecule has 0 spiro atoms. The number of likely N-dealkylation sites (tertiary alicyclic amines) is 1. The third kappa shape index (κ3) is 3.95. The molecular formula is C14H22N2O4. The molecule has 1 aliphatic carbocycles. The third-order valence-corrected chi connectivity index (χ3v) is 3.96. The molecule has 1 heterocycles. The Morgan fingerprint density at radius 3 is 2.30 bits per heavy atom. The zero-order valence-corrected chi connectivity index (χ0v) is 11.9. The highest BCUT2D eigenvalue weighted by atomic mass is 16.5. The summed E-state index contributed by atoms with van der Waals surface area (Å²) in [5.41, 5.74) is 0. The highest BCUT2D eigenvalue weighted by Gasteiger charge is 2.35. The number of ether oxygens (including phenoxy) is 1. The lowest BCUT2D eigenvalue weighted by Gasteiger charge is -2.31. The lowest BCUT2D eigenvalue weighted by molar-refractivity contribution is -0.141. The molecule has 2 rings (SSSR count). The topological polar surface area (TPSA) is 75.7 Å². The maximum Gasteiger partial charge on any atom is 0.307 e. The van der Waals surface area contributed by atoms with Gasteiger partial charge in [-0.1, -0.05) is 0 Å². The van der Waals surface area contributed by atoms with Gasteiger partial charge in [0.05, 0.1) is 13.5 Å². The highest BCUT2D eigenvalue weighted by molar-refractivity contribution is 5.82. The number of rotatable bonds is 5. The second-order valence-corrected chi connectivity index (χ2v) is 5.49. The summed E-state index contributed by atoms with van der Waals surface area (Å²) in [5, 5.41) is 2.75. The minimum absolute atomic E-state index is 0.0209. The van der Waals surface area contributed by atoms with Crippen LogP contribution in [0.4, 0.5) is 0 Å². The first-order chi connectivity index (χ1) is 9.61. The molecule has 0 radical (unpaired) electrons. The molecule has 0 aromatic rings. The van der Waals surface area contributed by atoms with Gasteiger partial charge in [0.15, 0.2) is 0 Å². The van der Waals surface area contributed by atoms with E-state index in [1.54, 1.807) is 0 Å². The second kappa shape index (κ2) is 6.72. The summed E-state index contributed by atoms with van der Waals surface area (Å²) >= 11 is 0. The predicted octanol–water partition coefficient (Wildman–Crippen LogP) is 0.314. The highest BCUT2D eigenvalue weighted by Crippen LogP contribution is 2.32. The average molecular weight is 282 g/mol. The summed E-state index contributed by atoms with van der Waals surface area (Å²) in [6.45, 7) is 1.65. The van der Waals surface area contributed by atoms with Crippen LogP contribution in [-0.2, 0) is 19.1 Å². The Balaban J connectivity index is 1.66. The molecule has 0 unspecified atom stereocenters. The fourth-order valence-electron chi connectivity index (χ4n) is 2.48. The minimum atomic E-state index is -0.324. The van der Waals surface area contributed by atoms with Crippen LogP contribution in [0.2, 0.25) is 0 Å². The smallest absolute Gasteiger partial charge is 0.307 e. The number of hydrogen-bond acceptors (Lipinski definition) is 4. The Bertz CT molecular complexity index is 385. The molecular weight excluding hydrogens is 260 g/mol. The number of amides is 2. The quantitative estimate of drug-likeness (QED) is 0.737. The molecule has 6 heteroatoms. The standard InChI is InChI=1S/C14H22N2O4/c1-20-12(17)4-7-15-13(18)10-5-8-16(9-6-10)14(19)11-2-3-11/h10-11H,2-9H2,1H3,(H,15,18). The number of carbonyl (C=O) groups excluding carboxylic acids is 3. The van der Waals surface area contributed by atoms with Crippen molar-refractivity contribution in [3.63, 3.8) is 0 Å². The molecule has 0 aromatic heterocycles. The van der Waals surface area contributed by atoms with Crippen molar-refractivity contribution in [2.45, 2.75) is 32.1 Å². The molecule has 1 N–H and O–H groups in total. The lowest BCUT2D eigenvalue weighted by Crippen LogP contribution is -2.43. The maximum absolute atomic E-state index is 11.9. The number of carbonyl (C=O) groups is 3. The SMILES string of the molecule is COC(=O)CCNC(=O)C1CCN(C(=O)C2CC2)CC1. The predicted molar refractivity (Wildman–Crippen MR) is 71.7 cm³/mol. The van der Waals surface area contributed by atoms with Crippen molar-refractivity contribution in [2.24, 2.45) is 11.8 Å². The van der Waals surface area contributed by atoms with Crippen molar-refractivity contribution in [1.29, 1.82) is 0 Å². The summed E-state index contributed by atoms with van der Waals surface area (Å²) in [4.78, 5) is 36.6. The van der Waals surface area contributed by atoms with Crippen LogP contribution in [0.3, 0.4) is 0 Å². The van der Waals surface area contributed by atoms with E-state index in [1.807, 2.05) is 4.90 Å². The molecule has 2 fully saturated rings. The Morgan fingerprint density at radius 2 is 1.75 bits per heavy atom. The van der Waals surface area contributed by atoms with Crippen LogP contribution in [0, 0.1) is 11.8 Å². The average Bonchev–Trinajstić information content (AvgIpc) is 3.31. The summed E-state index contributed by atoms with van der Waals surface area (Å²) in [7, 11) is 1.33. The van der Waals surface area contributed by atoms with E-state index in [0.717, 1.165) is 12.8 Å². The number of hydrogen-bond donors (Lipinski definition) is 1. The summed E-state index contributed by atoms with van der Waals surface area (Å²) in [5.74, 6) is 0.119. The van der Waals surface area contributed by atoms with E-state index in [1.165, 1.54) is 7.11 Å². The zero-order valence-electron chi connectivity index (χ0n) is 11.9. The van der Waals surface area contributed by atoms with Gasteiger partial charge in [0.1, 0.15) is 0 Å². The van der Waals surface area contributed by atoms with E-state index >= 15 is 0 Å². The van der Waals surface area contributed by atoms with E-state index < -0.39 is 0 Å². The van der Waals surface area contributed by atoms with Crippen LogP contribution >= 0.6 is 0 Å². The van der Waals surface area contributed by atoms with Crippen LogP contribution in [-0.4, -0.2) is 49.4 Å². The van der Waals surface area contributed by atoms with Gasteiger partial charge in [-0.25, -0.2) is 0 Å². The molecule has 2 aliphatic rings. The van der Waals surface area contributed by atoms with Crippen molar-refractivity contribution in [2.75, 3.05) is 26.7 Å². The molecule has 20 heavy (non-hydrogen) atoms. The Kier molecular flexibility index (Phi) is 4.98. The van der Waals surface area contributed by atoms with Crippen LogP contribution in [0.5, 0.6) is 0 Å². The van der Waals surface area contributed by atoms with Crippen LogP contribution in [0.25, 0.3) is 0 Å². The van der Waals surface area contributed by atoms with Gasteiger partial charge in [-0.15, -0.1) is 0 Å². The van der Waals surface area contributed by atoms with Crippen molar-refractivity contribution in [3.8, 4) is 0 Å². The molecule has 112 valence electrons. The molecule has 0 bridgehead atoms. The summed E-state index contributed by atoms with van der Waals surface area (Å²) in [6.07, 6.45) is 3.66. The monoisotopic (exact) mass is 282 g/mol. The molecule has 0 aromatic carbocycles. The van der Waals surface area contributed by atoms with E-state index in [9.17, 15) is 14.4 Å². The van der Waals surface area contributed by atoms with Crippen molar-refractivity contribution in [3.05, 3.63) is 0 Å². The number of methoxy groups -OCH3 is 1. The van der Waals surface area contributed by atoms with Gasteiger partial charge < -0.3 is 15.0 Å². The van der Waals surface area contributed by atoms with Gasteiger partial charge in [-0.3, -0.25) is 14.4 Å². The Hall–Kier alpha value is -1.59. The van der Waals surface area contributed by atoms with E-state index in [4.69, 9.17) is 0 Å². The normalized spacial score (nSPS) is 19.6. The first-order valence-electron chi connectivity index (χ1n) is 7.25. The maximum atomic E-state index is 11.9. The summed E-state index contributed by atoms with van der Waals surface area (Å²) < 4.78 is 4.51. The van der Waals surface area contributed by atoms with Crippen LogP contribution in [0.15, 0.2) is 0 Å². The molecule has 0 atom stereocenters. The van der Waals surface area contributed by atoms with E-state index in [2.05, 4.69) is 10.1 Å². The molecule has 1 saturated carbocycles. The third-order valence-electron chi connectivity index (χ3n) is 3.96. The molecule has 2 amide bonds. The van der Waals surface area contributed by atoms with Gasteiger partial charge in [-0.2, -0.15) is 0 Å². The fraction of sp³-hybridized carbons (Fsp3) is 0.786. The van der Waals surface area contributed by atoms with Crippen molar-refractivity contribution >= 4 is 17.8 Å². The van der Waals surface area contributed by atoms with Gasteiger partial charge in [-0.05, 0) is 25.7 Å². The number of esters is 1. The number of nitrogens with one attached hydrogen (secondary N) is 1. The van der Waals surface area contributed by atoms with E-state index in [0.29, 0.717) is 32.5 Å². The van der Waals surface area contributed by atoms with Gasteiger partial charge in [0, 0.05) is 31.5 Å². The van der Waals surface area contributed by atoms with Crippen molar-refractivity contribution in [1.82, 2.24) is 10.2 Å². The van der Waals surface area contributed by atoms with Gasteiger partial charge >= 0.3 is 5.97 Å². The number of nitrogens with zero attached hydrogens (tertiary/aromatic N) is 1. The van der Waals surface area contributed by atoms with Crippen LogP contribution in [0.1, 0.15) is 32.1 Å². The van der Waals surface area contributed by atoms with Crippen molar-refractivity contribution < 1.29 is 19.1 Å². The summed E-state index contributed by atoms with van der Waals surface area (Å²) in [6, 6.07) is 0. The first kappa shape index (κ1) is 14.8. The van der Waals surface area contributed by atoms with Gasteiger partial charge in [0.25, 0.3) is 0 Å². The largest absolute Gasteiger partial charge is 0.469 e. The van der Waals surface area contributed by atoms with Gasteiger partial charge in [0.2, 0.25) is 11.8 Å². The molecule has 1 aliphatic heterocycles. The second-order valence-electron chi connectivity index (χ2n) is 5.49. The minimum Gasteiger partial charge on any atom is -0.469 e. The Labute approximate surface area is 118 Å². The lowest BCUT2D eigenvalue weighted by atomic mass is 9.95. The van der Waals surface area contributed by atoms with E-state index in [-0.39, 0.29) is 36.0 Å². The Morgan fingerprint density at radius 1 is 1.10 bits per heavy atom. The zero-order chi connectivity index (χ0) is 14.5. The molecule has 6 nitrogen and oxygen atoms in total. The number of piperidine rings is 1. The first-order valence-corrected chi connectivity index (χ1v) is 7.25. The van der Waals surface area contributed by atoms with Crippen LogP contribution < -0.4 is 5.32 Å². The molecule has 1 saturated heterocycles. The fourth-order valence-corrected chi connectivity index (χ4v) is 2.48.